The molecular formula is C9H8FNO. The molecule has 0 amide bonds. The van der Waals surface area contributed by atoms with Crippen LogP contribution in [0.4, 0.5) is 10.1 Å². The minimum atomic E-state index is -0.462. The van der Waals surface area contributed by atoms with Crippen LogP contribution in [0, 0.1) is 17.7 Å². The van der Waals surface area contributed by atoms with Gasteiger partial charge in [0.2, 0.25) is 0 Å². The molecule has 2 nitrogen and oxygen atoms in total. The average Bonchev–Trinajstić information content (AvgIpc) is 2.04. The van der Waals surface area contributed by atoms with E-state index in [4.69, 9.17) is 10.8 Å². The Labute approximate surface area is 69.8 Å². The van der Waals surface area contributed by atoms with Crippen molar-refractivity contribution in [2.45, 2.75) is 0 Å². The van der Waals surface area contributed by atoms with Crippen molar-refractivity contribution in [3.8, 4) is 11.8 Å². The number of hydrogen-bond acceptors (Lipinski definition) is 2. The molecule has 0 atom stereocenters. The van der Waals surface area contributed by atoms with E-state index in [1.807, 2.05) is 0 Å². The van der Waals surface area contributed by atoms with E-state index in [1.54, 1.807) is 6.07 Å². The lowest BCUT2D eigenvalue weighted by molar-refractivity contribution is 0.350. The molecule has 1 rings (SSSR count). The summed E-state index contributed by atoms with van der Waals surface area (Å²) >= 11 is 0. The van der Waals surface area contributed by atoms with E-state index in [9.17, 15) is 4.39 Å². The number of nitrogen functional groups attached to an aromatic ring is 1. The minimum absolute atomic E-state index is 0.145. The van der Waals surface area contributed by atoms with Crippen molar-refractivity contribution >= 4 is 5.69 Å². The zero-order chi connectivity index (χ0) is 8.97. The molecule has 0 saturated carbocycles. The van der Waals surface area contributed by atoms with E-state index in [0.717, 1.165) is 0 Å². The van der Waals surface area contributed by atoms with Crippen LogP contribution in [-0.4, -0.2) is 11.7 Å². The van der Waals surface area contributed by atoms with Crippen LogP contribution >= 0.6 is 0 Å². The average molecular weight is 165 g/mol. The van der Waals surface area contributed by atoms with E-state index >= 15 is 0 Å². The summed E-state index contributed by atoms with van der Waals surface area (Å²) in [5.74, 6) is 4.30. The molecule has 0 unspecified atom stereocenters. The molecule has 0 aliphatic carbocycles. The maximum atomic E-state index is 12.9. The van der Waals surface area contributed by atoms with Gasteiger partial charge in [0.15, 0.2) is 0 Å². The molecule has 0 aromatic heterocycles. The quantitative estimate of drug-likeness (QED) is 0.440. The Morgan fingerprint density at radius 1 is 1.50 bits per heavy atom. The van der Waals surface area contributed by atoms with Crippen molar-refractivity contribution in [3.63, 3.8) is 0 Å². The third-order valence-corrected chi connectivity index (χ3v) is 1.34. The first-order valence-electron chi connectivity index (χ1n) is 3.39. The Balaban J connectivity index is 3.13. The van der Waals surface area contributed by atoms with Crippen LogP contribution in [-0.2, 0) is 0 Å². The molecule has 12 heavy (non-hydrogen) atoms. The fraction of sp³-hybridized carbons (Fsp3) is 0.111. The third-order valence-electron chi connectivity index (χ3n) is 1.34. The highest BCUT2D eigenvalue weighted by atomic mass is 19.1. The van der Waals surface area contributed by atoms with Crippen LogP contribution in [0.1, 0.15) is 5.56 Å². The number of halogens is 1. The van der Waals surface area contributed by atoms with Crippen molar-refractivity contribution in [1.29, 1.82) is 0 Å². The first-order chi connectivity index (χ1) is 5.75. The molecule has 0 radical (unpaired) electrons. The van der Waals surface area contributed by atoms with Gasteiger partial charge in [0, 0.05) is 0 Å². The number of benzene rings is 1. The highest BCUT2D eigenvalue weighted by Gasteiger charge is 2.00. The van der Waals surface area contributed by atoms with E-state index in [2.05, 4.69) is 11.8 Å². The van der Waals surface area contributed by atoms with E-state index < -0.39 is 5.82 Å². The summed E-state index contributed by atoms with van der Waals surface area (Å²) in [7, 11) is 0. The Bertz CT molecular complexity index is 318. The van der Waals surface area contributed by atoms with E-state index in [-0.39, 0.29) is 17.9 Å². The van der Waals surface area contributed by atoms with E-state index in [0.29, 0.717) is 0 Å². The summed E-state index contributed by atoms with van der Waals surface area (Å²) in [5, 5.41) is 8.37. The molecule has 3 N–H and O–H groups in total. The van der Waals surface area contributed by atoms with Gasteiger partial charge in [-0.25, -0.2) is 4.39 Å². The Morgan fingerprint density at radius 3 is 2.83 bits per heavy atom. The SMILES string of the molecule is Nc1cccc(F)c1C#CCO. The van der Waals surface area contributed by atoms with Gasteiger partial charge in [-0.3, -0.25) is 0 Å². The summed E-state index contributed by atoms with van der Waals surface area (Å²) in [4.78, 5) is 0. The summed E-state index contributed by atoms with van der Waals surface area (Å²) in [6, 6.07) is 4.34. The van der Waals surface area contributed by atoms with Gasteiger partial charge in [-0.1, -0.05) is 17.9 Å². The van der Waals surface area contributed by atoms with Gasteiger partial charge in [-0.05, 0) is 12.1 Å². The molecule has 0 heterocycles. The van der Waals surface area contributed by atoms with Crippen LogP contribution in [0.25, 0.3) is 0 Å². The van der Waals surface area contributed by atoms with E-state index in [1.165, 1.54) is 12.1 Å². The minimum Gasteiger partial charge on any atom is -0.398 e. The van der Waals surface area contributed by atoms with Crippen LogP contribution in [0.3, 0.4) is 0 Å². The monoisotopic (exact) mass is 165 g/mol. The van der Waals surface area contributed by atoms with Gasteiger partial charge in [0.05, 0.1) is 11.3 Å². The number of hydrogen-bond donors (Lipinski definition) is 2. The molecule has 0 saturated heterocycles. The molecule has 0 spiro atoms. The molecule has 0 aliphatic rings. The molecule has 0 fully saturated rings. The second-order valence-corrected chi connectivity index (χ2v) is 2.16. The van der Waals surface area contributed by atoms with Gasteiger partial charge in [0.25, 0.3) is 0 Å². The number of rotatable bonds is 0. The lowest BCUT2D eigenvalue weighted by Crippen LogP contribution is -1.93. The van der Waals surface area contributed by atoms with Crippen LogP contribution < -0.4 is 5.73 Å². The van der Waals surface area contributed by atoms with Gasteiger partial charge >= 0.3 is 0 Å². The highest BCUT2D eigenvalue weighted by Crippen LogP contribution is 2.13. The smallest absolute Gasteiger partial charge is 0.140 e. The predicted molar refractivity (Wildman–Crippen MR) is 44.8 cm³/mol. The Morgan fingerprint density at radius 2 is 2.25 bits per heavy atom. The van der Waals surface area contributed by atoms with Crippen molar-refractivity contribution in [2.75, 3.05) is 12.3 Å². The molecular weight excluding hydrogens is 157 g/mol. The second-order valence-electron chi connectivity index (χ2n) is 2.16. The molecule has 1 aromatic carbocycles. The van der Waals surface area contributed by atoms with Crippen molar-refractivity contribution in [1.82, 2.24) is 0 Å². The Kier molecular flexibility index (Phi) is 2.67. The number of aliphatic hydroxyl groups excluding tert-OH is 1. The lowest BCUT2D eigenvalue weighted by Gasteiger charge is -1.97. The second kappa shape index (κ2) is 3.74. The van der Waals surface area contributed by atoms with Gasteiger partial charge in [-0.2, -0.15) is 0 Å². The number of nitrogens with two attached hydrogens (primary N) is 1. The van der Waals surface area contributed by atoms with Crippen LogP contribution in [0.15, 0.2) is 18.2 Å². The van der Waals surface area contributed by atoms with Crippen LogP contribution in [0.2, 0.25) is 0 Å². The summed E-state index contributed by atoms with van der Waals surface area (Å²) < 4.78 is 12.9. The summed E-state index contributed by atoms with van der Waals surface area (Å²) in [6.45, 7) is -0.298. The molecule has 0 bridgehead atoms. The highest BCUT2D eigenvalue weighted by molar-refractivity contribution is 5.56. The fourth-order valence-corrected chi connectivity index (χ4v) is 0.801. The van der Waals surface area contributed by atoms with Crippen molar-refractivity contribution < 1.29 is 9.50 Å². The normalized spacial score (nSPS) is 8.83. The standard InChI is InChI=1S/C9H8FNO/c10-8-4-1-5-9(11)7(8)3-2-6-12/h1,4-5,12H,6,11H2. The molecule has 0 aliphatic heterocycles. The topological polar surface area (TPSA) is 46.2 Å². The predicted octanol–water partition coefficient (Wildman–Crippen LogP) is 0.752. The largest absolute Gasteiger partial charge is 0.398 e. The molecule has 62 valence electrons. The first-order valence-corrected chi connectivity index (χ1v) is 3.39. The molecule has 1 aromatic rings. The van der Waals surface area contributed by atoms with Crippen molar-refractivity contribution in [3.05, 3.63) is 29.6 Å². The number of aliphatic hydroxyl groups is 1. The fourth-order valence-electron chi connectivity index (χ4n) is 0.801. The lowest BCUT2D eigenvalue weighted by atomic mass is 10.2. The number of anilines is 1. The van der Waals surface area contributed by atoms with Gasteiger partial charge < -0.3 is 10.8 Å². The van der Waals surface area contributed by atoms with Crippen molar-refractivity contribution in [2.24, 2.45) is 0 Å². The zero-order valence-corrected chi connectivity index (χ0v) is 6.34. The summed E-state index contributed by atoms with van der Waals surface area (Å²) in [6.07, 6.45) is 0. The first kappa shape index (κ1) is 8.57. The zero-order valence-electron chi connectivity index (χ0n) is 6.34. The molecule has 3 heteroatoms. The van der Waals surface area contributed by atoms with Gasteiger partial charge in [0.1, 0.15) is 12.4 Å². The third kappa shape index (κ3) is 1.74. The summed E-state index contributed by atoms with van der Waals surface area (Å²) in [5.41, 5.74) is 5.87. The maximum absolute atomic E-state index is 12.9. The maximum Gasteiger partial charge on any atom is 0.140 e. The Hall–Kier alpha value is -1.53. The van der Waals surface area contributed by atoms with Crippen LogP contribution in [0.5, 0.6) is 0 Å². The van der Waals surface area contributed by atoms with Gasteiger partial charge in [-0.15, -0.1) is 0 Å².